The molecular weight excluding hydrogens is 298 g/mol. The van der Waals surface area contributed by atoms with Crippen molar-refractivity contribution in [2.24, 2.45) is 0 Å². The second kappa shape index (κ2) is 8.01. The van der Waals surface area contributed by atoms with Crippen molar-refractivity contribution in [1.82, 2.24) is 5.32 Å². The molecule has 0 heterocycles. The summed E-state index contributed by atoms with van der Waals surface area (Å²) in [6, 6.07) is 6.67. The van der Waals surface area contributed by atoms with Gasteiger partial charge in [-0.25, -0.2) is 0 Å². The summed E-state index contributed by atoms with van der Waals surface area (Å²) in [4.78, 5) is 0. The van der Waals surface area contributed by atoms with Gasteiger partial charge in [0.25, 0.3) is 0 Å². The molecule has 0 radical (unpaired) electrons. The van der Waals surface area contributed by atoms with Crippen LogP contribution in [0.1, 0.15) is 12.0 Å². The first kappa shape index (κ1) is 14.9. The van der Waals surface area contributed by atoms with E-state index in [2.05, 4.69) is 33.6 Å². The number of hydrogen-bond donors (Lipinski definition) is 1. The van der Waals surface area contributed by atoms with Crippen LogP contribution in [0.15, 0.2) is 22.7 Å². The summed E-state index contributed by atoms with van der Waals surface area (Å²) in [6.45, 7) is 0. The predicted octanol–water partition coefficient (Wildman–Crippen LogP) is 3.34. The van der Waals surface area contributed by atoms with E-state index in [-0.39, 0.29) is 0 Å². The van der Waals surface area contributed by atoms with Crippen LogP contribution in [0, 0.1) is 0 Å². The number of thioether (sulfide) groups is 1. The number of ether oxygens (including phenoxy) is 1. The molecule has 0 aliphatic heterocycles. The van der Waals surface area contributed by atoms with Crippen molar-refractivity contribution in [2.75, 3.05) is 26.2 Å². The molecule has 0 aliphatic rings. The van der Waals surface area contributed by atoms with Gasteiger partial charge in [-0.15, -0.1) is 0 Å². The van der Waals surface area contributed by atoms with Crippen molar-refractivity contribution in [1.29, 1.82) is 0 Å². The molecule has 0 amide bonds. The second-order valence-electron chi connectivity index (χ2n) is 3.93. The van der Waals surface area contributed by atoms with Crippen LogP contribution in [0.2, 0.25) is 0 Å². The molecule has 0 aromatic heterocycles. The lowest BCUT2D eigenvalue weighted by Crippen LogP contribution is -2.28. The van der Waals surface area contributed by atoms with Crippen molar-refractivity contribution < 1.29 is 4.74 Å². The molecule has 17 heavy (non-hydrogen) atoms. The van der Waals surface area contributed by atoms with Gasteiger partial charge in [0, 0.05) is 10.5 Å². The third-order valence-electron chi connectivity index (χ3n) is 2.79. The predicted molar refractivity (Wildman–Crippen MR) is 80.2 cm³/mol. The molecule has 0 aliphatic carbocycles. The number of methoxy groups -OCH3 is 1. The van der Waals surface area contributed by atoms with Crippen LogP contribution in [0.5, 0.6) is 5.75 Å². The minimum absolute atomic E-state index is 0.505. The zero-order valence-electron chi connectivity index (χ0n) is 10.6. The Balaban J connectivity index is 2.73. The number of rotatable bonds is 7. The van der Waals surface area contributed by atoms with Gasteiger partial charge < -0.3 is 10.1 Å². The standard InChI is InChI=1S/C13H20BrNOS/c1-15-12(6-7-17-3)9-10-8-11(14)4-5-13(10)16-2/h4-5,8,12,15H,6-7,9H2,1-3H3. The first-order valence-corrected chi connectivity index (χ1v) is 7.88. The summed E-state index contributed by atoms with van der Waals surface area (Å²) in [5.74, 6) is 2.15. The van der Waals surface area contributed by atoms with Gasteiger partial charge in [-0.05, 0) is 55.7 Å². The second-order valence-corrected chi connectivity index (χ2v) is 5.83. The molecule has 1 N–H and O–H groups in total. The first-order chi connectivity index (χ1) is 8.21. The van der Waals surface area contributed by atoms with Gasteiger partial charge in [0.15, 0.2) is 0 Å². The Hall–Kier alpha value is -0.190. The molecule has 1 rings (SSSR count). The minimum atomic E-state index is 0.505. The van der Waals surface area contributed by atoms with Gasteiger partial charge in [0.05, 0.1) is 7.11 Å². The molecule has 0 saturated heterocycles. The molecule has 96 valence electrons. The Morgan fingerprint density at radius 2 is 2.24 bits per heavy atom. The summed E-state index contributed by atoms with van der Waals surface area (Å²) in [7, 11) is 3.75. The van der Waals surface area contributed by atoms with E-state index >= 15 is 0 Å². The molecule has 1 aromatic rings. The van der Waals surface area contributed by atoms with E-state index in [9.17, 15) is 0 Å². The fraction of sp³-hybridized carbons (Fsp3) is 0.538. The van der Waals surface area contributed by atoms with Gasteiger partial charge in [-0.2, -0.15) is 11.8 Å². The summed E-state index contributed by atoms with van der Waals surface area (Å²) < 4.78 is 6.50. The monoisotopic (exact) mass is 317 g/mol. The summed E-state index contributed by atoms with van der Waals surface area (Å²) in [5, 5.41) is 3.37. The van der Waals surface area contributed by atoms with Gasteiger partial charge in [0.2, 0.25) is 0 Å². The number of halogens is 1. The quantitative estimate of drug-likeness (QED) is 0.833. The highest BCUT2D eigenvalue weighted by Gasteiger charge is 2.11. The Morgan fingerprint density at radius 3 is 2.82 bits per heavy atom. The number of nitrogens with one attached hydrogen (secondary N) is 1. The van der Waals surface area contributed by atoms with Gasteiger partial charge in [-0.1, -0.05) is 15.9 Å². The average molecular weight is 318 g/mol. The van der Waals surface area contributed by atoms with E-state index in [4.69, 9.17) is 4.74 Å². The molecule has 0 saturated carbocycles. The Morgan fingerprint density at radius 1 is 1.47 bits per heavy atom. The Kier molecular flexibility index (Phi) is 7.00. The van der Waals surface area contributed by atoms with Crippen LogP contribution < -0.4 is 10.1 Å². The average Bonchev–Trinajstić information content (AvgIpc) is 2.34. The lowest BCUT2D eigenvalue weighted by Gasteiger charge is -2.17. The molecule has 1 atom stereocenters. The number of hydrogen-bond acceptors (Lipinski definition) is 3. The van der Waals surface area contributed by atoms with E-state index in [1.165, 1.54) is 17.7 Å². The maximum atomic E-state index is 5.40. The molecule has 1 unspecified atom stereocenters. The minimum Gasteiger partial charge on any atom is -0.496 e. The van der Waals surface area contributed by atoms with E-state index in [1.54, 1.807) is 7.11 Å². The number of likely N-dealkylation sites (N-methyl/N-ethyl adjacent to an activating group) is 1. The summed E-state index contributed by atoms with van der Waals surface area (Å²) in [5.41, 5.74) is 1.25. The van der Waals surface area contributed by atoms with Crippen LogP contribution in [0.25, 0.3) is 0 Å². The zero-order chi connectivity index (χ0) is 12.7. The molecule has 1 aromatic carbocycles. The molecule has 0 bridgehead atoms. The lowest BCUT2D eigenvalue weighted by atomic mass is 10.0. The zero-order valence-corrected chi connectivity index (χ0v) is 13.0. The van der Waals surface area contributed by atoms with Crippen LogP contribution >= 0.6 is 27.7 Å². The summed E-state index contributed by atoms with van der Waals surface area (Å²) >= 11 is 5.40. The SMILES string of the molecule is CNC(CCSC)Cc1cc(Br)ccc1OC. The third kappa shape index (κ3) is 4.90. The van der Waals surface area contributed by atoms with Crippen LogP contribution in [0.3, 0.4) is 0 Å². The normalized spacial score (nSPS) is 12.5. The van der Waals surface area contributed by atoms with Crippen molar-refractivity contribution in [3.63, 3.8) is 0 Å². The fourth-order valence-electron chi connectivity index (χ4n) is 1.78. The molecule has 4 heteroatoms. The van der Waals surface area contributed by atoms with Gasteiger partial charge >= 0.3 is 0 Å². The fourth-order valence-corrected chi connectivity index (χ4v) is 2.71. The van der Waals surface area contributed by atoms with Gasteiger partial charge in [0.1, 0.15) is 5.75 Å². The molecular formula is C13H20BrNOS. The van der Waals surface area contributed by atoms with Crippen molar-refractivity contribution in [3.8, 4) is 5.75 Å². The highest BCUT2D eigenvalue weighted by atomic mass is 79.9. The summed E-state index contributed by atoms with van der Waals surface area (Å²) in [6.07, 6.45) is 4.32. The van der Waals surface area contributed by atoms with Gasteiger partial charge in [-0.3, -0.25) is 0 Å². The first-order valence-electron chi connectivity index (χ1n) is 5.70. The van der Waals surface area contributed by atoms with E-state index in [1.807, 2.05) is 30.9 Å². The van der Waals surface area contributed by atoms with Crippen LogP contribution in [-0.2, 0) is 6.42 Å². The van der Waals surface area contributed by atoms with Crippen molar-refractivity contribution in [3.05, 3.63) is 28.2 Å². The van der Waals surface area contributed by atoms with Crippen LogP contribution in [-0.4, -0.2) is 32.2 Å². The number of benzene rings is 1. The maximum Gasteiger partial charge on any atom is 0.122 e. The van der Waals surface area contributed by atoms with E-state index in [0.717, 1.165) is 16.6 Å². The molecule has 2 nitrogen and oxygen atoms in total. The van der Waals surface area contributed by atoms with E-state index in [0.29, 0.717) is 6.04 Å². The topological polar surface area (TPSA) is 21.3 Å². The highest BCUT2D eigenvalue weighted by Crippen LogP contribution is 2.24. The third-order valence-corrected chi connectivity index (χ3v) is 3.92. The maximum absolute atomic E-state index is 5.40. The Labute approximate surface area is 117 Å². The molecule has 0 spiro atoms. The van der Waals surface area contributed by atoms with E-state index < -0.39 is 0 Å². The smallest absolute Gasteiger partial charge is 0.122 e. The van der Waals surface area contributed by atoms with Crippen LogP contribution in [0.4, 0.5) is 0 Å². The lowest BCUT2D eigenvalue weighted by molar-refractivity contribution is 0.405. The van der Waals surface area contributed by atoms with Crippen molar-refractivity contribution in [2.45, 2.75) is 18.9 Å². The highest BCUT2D eigenvalue weighted by molar-refractivity contribution is 9.10. The molecule has 0 fully saturated rings. The van der Waals surface area contributed by atoms with Crippen molar-refractivity contribution >= 4 is 27.7 Å². The Bertz CT molecular complexity index is 346. The largest absolute Gasteiger partial charge is 0.496 e.